The van der Waals surface area contributed by atoms with Crippen LogP contribution in [-0.2, 0) is 14.3 Å². The van der Waals surface area contributed by atoms with Gasteiger partial charge in [-0.05, 0) is 42.0 Å². The summed E-state index contributed by atoms with van der Waals surface area (Å²) in [5.41, 5.74) is 0.663. The summed E-state index contributed by atoms with van der Waals surface area (Å²) in [7, 11) is 0. The Balaban J connectivity index is 1.50. The summed E-state index contributed by atoms with van der Waals surface area (Å²) in [5, 5.41) is 2.51. The van der Waals surface area contributed by atoms with Gasteiger partial charge in [0.05, 0.1) is 5.69 Å². The topological polar surface area (TPSA) is 73.9 Å². The fraction of sp³-hybridized carbons (Fsp3) is 0.158. The highest BCUT2D eigenvalue weighted by atomic mass is 35.5. The molecule has 0 radical (unpaired) electrons. The third-order valence-electron chi connectivity index (χ3n) is 3.53. The zero-order valence-electron chi connectivity index (χ0n) is 14.0. The Morgan fingerprint density at radius 2 is 1.93 bits per heavy atom. The molecule has 0 spiro atoms. The molecule has 1 heterocycles. The molecule has 2 aromatic rings. The maximum atomic E-state index is 13.6. The fourth-order valence-electron chi connectivity index (χ4n) is 2.29. The molecule has 1 N–H and O–H groups in total. The van der Waals surface area contributed by atoms with Crippen LogP contribution in [-0.4, -0.2) is 31.7 Å². The number of carbonyl (C=O) groups is 2. The minimum Gasteiger partial charge on any atom is -0.486 e. The van der Waals surface area contributed by atoms with Gasteiger partial charge in [0.25, 0.3) is 5.91 Å². The van der Waals surface area contributed by atoms with Gasteiger partial charge in [0.1, 0.15) is 19.0 Å². The molecule has 0 saturated heterocycles. The number of fused-ring (bicyclic) bond motifs is 1. The highest BCUT2D eigenvalue weighted by Gasteiger charge is 2.12. The predicted octanol–water partition coefficient (Wildman–Crippen LogP) is 3.45. The molecule has 1 amide bonds. The van der Waals surface area contributed by atoms with Crippen molar-refractivity contribution in [3.05, 3.63) is 58.9 Å². The van der Waals surface area contributed by atoms with E-state index in [4.69, 9.17) is 25.8 Å². The molecule has 1 aliphatic rings. The number of halogens is 2. The number of hydrogen-bond donors (Lipinski definition) is 1. The fourth-order valence-corrected chi connectivity index (χ4v) is 2.45. The van der Waals surface area contributed by atoms with E-state index in [1.807, 2.05) is 0 Å². The maximum Gasteiger partial charge on any atom is 0.331 e. The largest absolute Gasteiger partial charge is 0.486 e. The lowest BCUT2D eigenvalue weighted by molar-refractivity contribution is -0.142. The quantitative estimate of drug-likeness (QED) is 0.624. The highest BCUT2D eigenvalue weighted by Crippen LogP contribution is 2.31. The average Bonchev–Trinajstić information content (AvgIpc) is 2.67. The summed E-state index contributed by atoms with van der Waals surface area (Å²) in [6.45, 7) is 0.411. The molecule has 0 fully saturated rings. The van der Waals surface area contributed by atoms with E-state index in [0.29, 0.717) is 30.3 Å². The number of anilines is 1. The van der Waals surface area contributed by atoms with Crippen LogP contribution in [0.2, 0.25) is 5.02 Å². The number of amides is 1. The van der Waals surface area contributed by atoms with E-state index in [1.165, 1.54) is 24.3 Å². The Morgan fingerprint density at radius 1 is 1.15 bits per heavy atom. The van der Waals surface area contributed by atoms with Crippen molar-refractivity contribution in [2.75, 3.05) is 25.1 Å². The monoisotopic (exact) mass is 391 g/mol. The van der Waals surface area contributed by atoms with Crippen LogP contribution in [0.5, 0.6) is 11.5 Å². The molecule has 2 aromatic carbocycles. The highest BCUT2D eigenvalue weighted by molar-refractivity contribution is 6.30. The van der Waals surface area contributed by atoms with Crippen LogP contribution >= 0.6 is 11.6 Å². The molecule has 0 bridgehead atoms. The van der Waals surface area contributed by atoms with Crippen molar-refractivity contribution in [3.8, 4) is 11.5 Å². The average molecular weight is 392 g/mol. The van der Waals surface area contributed by atoms with Crippen LogP contribution in [0.25, 0.3) is 6.08 Å². The first-order valence-electron chi connectivity index (χ1n) is 8.00. The van der Waals surface area contributed by atoms with E-state index in [2.05, 4.69) is 5.32 Å². The molecule has 0 unspecified atom stereocenters. The summed E-state index contributed by atoms with van der Waals surface area (Å²) in [6.07, 6.45) is 2.71. The van der Waals surface area contributed by atoms with Crippen LogP contribution < -0.4 is 14.8 Å². The van der Waals surface area contributed by atoms with Gasteiger partial charge >= 0.3 is 5.97 Å². The number of benzene rings is 2. The minimum absolute atomic E-state index is 0.0488. The number of esters is 1. The van der Waals surface area contributed by atoms with Crippen LogP contribution in [0.15, 0.2) is 42.5 Å². The van der Waals surface area contributed by atoms with Gasteiger partial charge in [-0.15, -0.1) is 0 Å². The second kappa shape index (κ2) is 8.55. The van der Waals surface area contributed by atoms with Crippen molar-refractivity contribution >= 4 is 35.2 Å². The first kappa shape index (κ1) is 18.7. The van der Waals surface area contributed by atoms with Gasteiger partial charge in [-0.1, -0.05) is 17.7 Å². The van der Waals surface area contributed by atoms with Crippen molar-refractivity contribution in [3.63, 3.8) is 0 Å². The lowest BCUT2D eigenvalue weighted by atomic mass is 10.2. The van der Waals surface area contributed by atoms with Crippen LogP contribution in [0.1, 0.15) is 5.56 Å². The van der Waals surface area contributed by atoms with E-state index >= 15 is 0 Å². The minimum atomic E-state index is -0.711. The van der Waals surface area contributed by atoms with Gasteiger partial charge in [-0.2, -0.15) is 0 Å². The standard InChI is InChI=1S/C19H15ClFNO5/c20-13-3-4-15(14(21)10-13)22-18(23)11-27-19(24)6-2-12-1-5-16-17(9-12)26-8-7-25-16/h1-6,9-10H,7-8,11H2,(H,22,23)/b6-2+. The molecule has 6 nitrogen and oxygen atoms in total. The molecule has 1 aliphatic heterocycles. The van der Waals surface area contributed by atoms with E-state index in [-0.39, 0.29) is 10.7 Å². The van der Waals surface area contributed by atoms with Gasteiger partial charge in [0.15, 0.2) is 18.1 Å². The third-order valence-corrected chi connectivity index (χ3v) is 3.76. The number of carbonyl (C=O) groups excluding carboxylic acids is 2. The van der Waals surface area contributed by atoms with Crippen LogP contribution in [0.3, 0.4) is 0 Å². The molecular weight excluding hydrogens is 377 g/mol. The molecule has 8 heteroatoms. The second-order valence-electron chi connectivity index (χ2n) is 5.52. The summed E-state index contributed by atoms with van der Waals surface area (Å²) in [4.78, 5) is 23.5. The molecule has 0 atom stereocenters. The zero-order chi connectivity index (χ0) is 19.2. The Hall–Kier alpha value is -3.06. The predicted molar refractivity (Wildman–Crippen MR) is 97.5 cm³/mol. The zero-order valence-corrected chi connectivity index (χ0v) is 14.8. The molecule has 140 valence electrons. The van der Waals surface area contributed by atoms with Gasteiger partial charge in [-0.3, -0.25) is 4.79 Å². The van der Waals surface area contributed by atoms with Crippen molar-refractivity contribution in [1.82, 2.24) is 0 Å². The molecule has 27 heavy (non-hydrogen) atoms. The first-order valence-corrected chi connectivity index (χ1v) is 8.38. The van der Waals surface area contributed by atoms with E-state index < -0.39 is 24.3 Å². The lowest BCUT2D eigenvalue weighted by Crippen LogP contribution is -2.20. The maximum absolute atomic E-state index is 13.6. The van der Waals surface area contributed by atoms with Crippen molar-refractivity contribution in [2.24, 2.45) is 0 Å². The van der Waals surface area contributed by atoms with Gasteiger partial charge in [0, 0.05) is 11.1 Å². The SMILES string of the molecule is O=C(COC(=O)/C=C/c1ccc2c(c1)OCCO2)Nc1ccc(Cl)cc1F. The first-order chi connectivity index (χ1) is 13.0. The van der Waals surface area contributed by atoms with Crippen molar-refractivity contribution < 1.29 is 28.2 Å². The van der Waals surface area contributed by atoms with E-state index in [0.717, 1.165) is 6.07 Å². The Bertz CT molecular complexity index is 900. The van der Waals surface area contributed by atoms with Gasteiger partial charge in [-0.25, -0.2) is 9.18 Å². The van der Waals surface area contributed by atoms with E-state index in [1.54, 1.807) is 18.2 Å². The van der Waals surface area contributed by atoms with Crippen molar-refractivity contribution in [1.29, 1.82) is 0 Å². The second-order valence-corrected chi connectivity index (χ2v) is 5.95. The summed E-state index contributed by atoms with van der Waals surface area (Å²) >= 11 is 5.64. The van der Waals surface area contributed by atoms with Crippen LogP contribution in [0, 0.1) is 5.82 Å². The van der Waals surface area contributed by atoms with Gasteiger partial charge < -0.3 is 19.5 Å². The van der Waals surface area contributed by atoms with E-state index in [9.17, 15) is 14.0 Å². The molecule has 0 aromatic heterocycles. The third kappa shape index (κ3) is 5.21. The number of hydrogen-bond acceptors (Lipinski definition) is 5. The van der Waals surface area contributed by atoms with Gasteiger partial charge in [0.2, 0.25) is 0 Å². The lowest BCUT2D eigenvalue weighted by Gasteiger charge is -2.18. The Kier molecular flexibility index (Phi) is 5.93. The Labute approximate surface area is 159 Å². The normalized spacial score (nSPS) is 12.7. The number of rotatable bonds is 5. The Morgan fingerprint density at radius 3 is 2.70 bits per heavy atom. The summed E-state index contributed by atoms with van der Waals surface area (Å²) in [6, 6.07) is 9.05. The smallest absolute Gasteiger partial charge is 0.331 e. The van der Waals surface area contributed by atoms with Crippen LogP contribution in [0.4, 0.5) is 10.1 Å². The summed E-state index contributed by atoms with van der Waals surface area (Å²) in [5.74, 6) is -0.817. The molecule has 0 aliphatic carbocycles. The molecule has 3 rings (SSSR count). The number of ether oxygens (including phenoxy) is 3. The molecular formula is C19H15ClFNO5. The summed E-state index contributed by atoms with van der Waals surface area (Å²) < 4.78 is 29.3. The van der Waals surface area contributed by atoms with Crippen molar-refractivity contribution in [2.45, 2.75) is 0 Å². The molecule has 0 saturated carbocycles. The number of nitrogens with one attached hydrogen (secondary N) is 1.